The van der Waals surface area contributed by atoms with Crippen LogP contribution in [0.5, 0.6) is 0 Å². The molecule has 0 aromatic heterocycles. The van der Waals surface area contributed by atoms with Crippen molar-refractivity contribution in [1.82, 2.24) is 9.80 Å². The molecule has 2 unspecified atom stereocenters. The Kier molecular flexibility index (Phi) is 2.50. The molecule has 0 saturated carbocycles. The van der Waals surface area contributed by atoms with Crippen LogP contribution < -0.4 is 0 Å². The SMILES string of the molecule is CC1C=C(Br)C2(C)C(=O)N3CCN=C3N3CCCC1=C32. The number of halogens is 1. The fourth-order valence-electron chi connectivity index (χ4n) is 4.00. The highest BCUT2D eigenvalue weighted by Crippen LogP contribution is 2.53. The third-order valence-corrected chi connectivity index (χ3v) is 6.09. The minimum atomic E-state index is -0.550. The Morgan fingerprint density at radius 3 is 3.00 bits per heavy atom. The minimum absolute atomic E-state index is 0.175. The van der Waals surface area contributed by atoms with Gasteiger partial charge < -0.3 is 4.90 Å². The summed E-state index contributed by atoms with van der Waals surface area (Å²) in [5.41, 5.74) is 2.07. The molecule has 0 aromatic carbocycles. The lowest BCUT2D eigenvalue weighted by Crippen LogP contribution is -2.61. The van der Waals surface area contributed by atoms with Crippen LogP contribution in [-0.2, 0) is 4.79 Å². The third-order valence-electron chi connectivity index (χ3n) is 5.03. The van der Waals surface area contributed by atoms with Crippen molar-refractivity contribution in [2.24, 2.45) is 16.3 Å². The molecule has 0 aromatic rings. The first kappa shape index (κ1) is 12.6. The van der Waals surface area contributed by atoms with Gasteiger partial charge in [0.25, 0.3) is 0 Å². The summed E-state index contributed by atoms with van der Waals surface area (Å²) < 4.78 is 1.01. The summed E-state index contributed by atoms with van der Waals surface area (Å²) in [6.07, 6.45) is 4.45. The van der Waals surface area contributed by atoms with Gasteiger partial charge in [-0.25, -0.2) is 0 Å². The summed E-state index contributed by atoms with van der Waals surface area (Å²) in [5, 5.41) is 0. The number of guanidine groups is 1. The van der Waals surface area contributed by atoms with E-state index in [0.717, 1.165) is 42.9 Å². The van der Waals surface area contributed by atoms with Crippen LogP contribution in [0, 0.1) is 11.3 Å². The van der Waals surface area contributed by atoms with Crippen molar-refractivity contribution in [2.45, 2.75) is 26.7 Å². The zero-order valence-electron chi connectivity index (χ0n) is 11.8. The van der Waals surface area contributed by atoms with Crippen LogP contribution in [0.4, 0.5) is 0 Å². The maximum atomic E-state index is 13.0. The summed E-state index contributed by atoms with van der Waals surface area (Å²) in [5.74, 6) is 1.46. The second kappa shape index (κ2) is 3.97. The van der Waals surface area contributed by atoms with E-state index in [0.29, 0.717) is 5.92 Å². The average molecular weight is 336 g/mol. The molecule has 106 valence electrons. The van der Waals surface area contributed by atoms with E-state index in [1.165, 1.54) is 11.3 Å². The summed E-state index contributed by atoms with van der Waals surface area (Å²) in [6.45, 7) is 6.71. The molecule has 1 amide bonds. The first-order valence-corrected chi connectivity index (χ1v) is 8.09. The smallest absolute Gasteiger partial charge is 0.246 e. The van der Waals surface area contributed by atoms with Gasteiger partial charge in [0.1, 0.15) is 5.41 Å². The van der Waals surface area contributed by atoms with Gasteiger partial charge in [0, 0.05) is 23.3 Å². The van der Waals surface area contributed by atoms with Crippen molar-refractivity contribution in [2.75, 3.05) is 19.6 Å². The largest absolute Gasteiger partial charge is 0.315 e. The van der Waals surface area contributed by atoms with E-state index in [1.54, 1.807) is 0 Å². The van der Waals surface area contributed by atoms with E-state index in [2.05, 4.69) is 45.7 Å². The van der Waals surface area contributed by atoms with Crippen LogP contribution in [0.3, 0.4) is 0 Å². The highest BCUT2D eigenvalue weighted by Gasteiger charge is 2.56. The molecule has 4 rings (SSSR count). The lowest BCUT2D eigenvalue weighted by atomic mass is 9.71. The topological polar surface area (TPSA) is 35.9 Å². The number of carbonyl (C=O) groups excluding carboxylic acids is 1. The maximum absolute atomic E-state index is 13.0. The summed E-state index contributed by atoms with van der Waals surface area (Å²) >= 11 is 3.69. The van der Waals surface area contributed by atoms with Crippen LogP contribution in [0.15, 0.2) is 26.8 Å². The van der Waals surface area contributed by atoms with Crippen molar-refractivity contribution in [3.63, 3.8) is 0 Å². The molecule has 0 N–H and O–H groups in total. The number of fused-ring (bicyclic) bond motifs is 2. The van der Waals surface area contributed by atoms with Gasteiger partial charge in [0.15, 0.2) is 0 Å². The van der Waals surface area contributed by atoms with E-state index in [1.807, 2.05) is 4.90 Å². The van der Waals surface area contributed by atoms with Crippen LogP contribution in [-0.4, -0.2) is 41.3 Å². The molecule has 0 bridgehead atoms. The van der Waals surface area contributed by atoms with Gasteiger partial charge in [0.2, 0.25) is 11.9 Å². The molecule has 5 heteroatoms. The average Bonchev–Trinajstić information content (AvgIpc) is 2.92. The van der Waals surface area contributed by atoms with Gasteiger partial charge >= 0.3 is 0 Å². The second-order valence-corrected chi connectivity index (χ2v) is 7.05. The first-order chi connectivity index (χ1) is 9.55. The Morgan fingerprint density at radius 1 is 1.40 bits per heavy atom. The van der Waals surface area contributed by atoms with Crippen LogP contribution in [0.1, 0.15) is 26.7 Å². The lowest BCUT2D eigenvalue weighted by Gasteiger charge is -2.52. The number of nitrogens with zero attached hydrogens (tertiary/aromatic N) is 3. The molecule has 1 aliphatic carbocycles. The number of rotatable bonds is 0. The Balaban J connectivity index is 1.98. The van der Waals surface area contributed by atoms with Crippen molar-refractivity contribution in [1.29, 1.82) is 0 Å². The van der Waals surface area contributed by atoms with Crippen LogP contribution >= 0.6 is 15.9 Å². The molecule has 0 spiro atoms. The maximum Gasteiger partial charge on any atom is 0.246 e. The van der Waals surface area contributed by atoms with E-state index < -0.39 is 5.41 Å². The number of hydrogen-bond donors (Lipinski definition) is 0. The van der Waals surface area contributed by atoms with Gasteiger partial charge in [-0.2, -0.15) is 0 Å². The molecule has 1 saturated heterocycles. The molecule has 2 atom stereocenters. The number of amides is 1. The number of hydrogen-bond acceptors (Lipinski definition) is 3. The molecule has 0 radical (unpaired) electrons. The van der Waals surface area contributed by atoms with Crippen molar-refractivity contribution in [3.05, 3.63) is 21.8 Å². The fourth-order valence-corrected chi connectivity index (χ4v) is 4.75. The highest BCUT2D eigenvalue weighted by atomic mass is 79.9. The first-order valence-electron chi connectivity index (χ1n) is 7.30. The summed E-state index contributed by atoms with van der Waals surface area (Å²) in [7, 11) is 0. The Hall–Kier alpha value is -1.10. The number of aliphatic imine (C=N–C) groups is 1. The minimum Gasteiger partial charge on any atom is -0.315 e. The number of carbonyl (C=O) groups is 1. The zero-order chi connectivity index (χ0) is 14.1. The van der Waals surface area contributed by atoms with Crippen molar-refractivity contribution in [3.8, 4) is 0 Å². The third kappa shape index (κ3) is 1.32. The normalized spacial score (nSPS) is 35.8. The predicted octanol–water partition coefficient (Wildman–Crippen LogP) is 2.48. The van der Waals surface area contributed by atoms with Gasteiger partial charge in [-0.1, -0.05) is 28.9 Å². The fraction of sp³-hybridized carbons (Fsp3) is 0.600. The molecular weight excluding hydrogens is 318 g/mol. The Labute approximate surface area is 127 Å². The van der Waals surface area contributed by atoms with Gasteiger partial charge in [-0.15, -0.1) is 0 Å². The lowest BCUT2D eigenvalue weighted by molar-refractivity contribution is -0.135. The number of allylic oxidation sites excluding steroid dienone is 2. The Morgan fingerprint density at radius 2 is 2.20 bits per heavy atom. The quantitative estimate of drug-likeness (QED) is 0.681. The van der Waals surface area contributed by atoms with E-state index in [4.69, 9.17) is 0 Å². The molecule has 4 nitrogen and oxygen atoms in total. The monoisotopic (exact) mass is 335 g/mol. The van der Waals surface area contributed by atoms with Crippen LogP contribution in [0.25, 0.3) is 0 Å². The standard InChI is InChI=1S/C15H18BrN3O/c1-9-8-11(16)15(2)12-10(9)4-3-6-18(12)14-17-5-7-19(14)13(15)20/h8-9H,3-7H2,1-2H3. The molecule has 20 heavy (non-hydrogen) atoms. The van der Waals surface area contributed by atoms with E-state index in [9.17, 15) is 4.79 Å². The highest BCUT2D eigenvalue weighted by molar-refractivity contribution is 9.11. The van der Waals surface area contributed by atoms with Crippen molar-refractivity contribution >= 4 is 27.8 Å². The van der Waals surface area contributed by atoms with Crippen molar-refractivity contribution < 1.29 is 4.79 Å². The molecule has 1 fully saturated rings. The molecule has 3 aliphatic heterocycles. The second-order valence-electron chi connectivity index (χ2n) is 6.20. The molecular formula is C15H18BrN3O. The zero-order valence-corrected chi connectivity index (χ0v) is 13.4. The van der Waals surface area contributed by atoms with E-state index >= 15 is 0 Å². The summed E-state index contributed by atoms with van der Waals surface area (Å²) in [6, 6.07) is 0. The van der Waals surface area contributed by atoms with Gasteiger partial charge in [-0.3, -0.25) is 14.7 Å². The molecule has 4 aliphatic rings. The summed E-state index contributed by atoms with van der Waals surface area (Å²) in [4.78, 5) is 21.8. The van der Waals surface area contributed by atoms with Gasteiger partial charge in [-0.05, 0) is 31.3 Å². The molecule has 3 heterocycles. The van der Waals surface area contributed by atoms with Crippen LogP contribution in [0.2, 0.25) is 0 Å². The Bertz CT molecular complexity index is 606. The van der Waals surface area contributed by atoms with E-state index in [-0.39, 0.29) is 5.91 Å². The van der Waals surface area contributed by atoms with Gasteiger partial charge in [0.05, 0.1) is 6.54 Å². The predicted molar refractivity (Wildman–Crippen MR) is 81.3 cm³/mol.